The van der Waals surface area contributed by atoms with Gasteiger partial charge in [0, 0.05) is 11.0 Å². The maximum atomic E-state index is 13.3. The second-order valence-corrected chi connectivity index (χ2v) is 13.7. The number of halogens is 3. The summed E-state index contributed by atoms with van der Waals surface area (Å²) in [5.74, 6) is -0.696. The van der Waals surface area contributed by atoms with E-state index in [-0.39, 0.29) is 19.9 Å². The molecule has 5 N–H and O–H groups in total. The number of carbonyl (C=O) groups is 2. The van der Waals surface area contributed by atoms with Gasteiger partial charge in [0.25, 0.3) is 0 Å². The van der Waals surface area contributed by atoms with Crippen molar-refractivity contribution in [3.63, 3.8) is 0 Å². The van der Waals surface area contributed by atoms with Gasteiger partial charge in [0.15, 0.2) is 0 Å². The van der Waals surface area contributed by atoms with Crippen molar-refractivity contribution in [2.24, 2.45) is 0 Å². The number of ether oxygens (including phenoxy) is 2. The number of alkyl carbamates (subject to hydrolysis) is 1. The highest BCUT2D eigenvalue weighted by atomic mass is 35.5. The smallest absolute Gasteiger partial charge is 0.408 e. The zero-order valence-corrected chi connectivity index (χ0v) is 24.3. The molecule has 2 amide bonds. The summed E-state index contributed by atoms with van der Waals surface area (Å²) in [6.07, 6.45) is 0.610. The van der Waals surface area contributed by atoms with Gasteiger partial charge in [-0.05, 0) is 33.6 Å². The molecule has 0 unspecified atom stereocenters. The summed E-state index contributed by atoms with van der Waals surface area (Å²) < 4.78 is 11.0. The Labute approximate surface area is 235 Å². The van der Waals surface area contributed by atoms with Crippen LogP contribution in [0.3, 0.4) is 0 Å². The van der Waals surface area contributed by atoms with Crippen LogP contribution in [0.4, 0.5) is 4.79 Å². The molecule has 0 bridgehead atoms. The Kier molecular flexibility index (Phi) is 13.3. The zero-order chi connectivity index (χ0) is 27.0. The first-order chi connectivity index (χ1) is 16.8. The van der Waals surface area contributed by atoms with Gasteiger partial charge in [-0.1, -0.05) is 54.1 Å². The van der Waals surface area contributed by atoms with E-state index in [0.29, 0.717) is 0 Å². The number of nitrogens with one attached hydrogen (secondary N) is 2. The lowest BCUT2D eigenvalue weighted by Crippen LogP contribution is -2.65. The van der Waals surface area contributed by atoms with E-state index in [1.165, 1.54) is 11.8 Å². The van der Waals surface area contributed by atoms with Crippen LogP contribution in [-0.4, -0.2) is 86.4 Å². The van der Waals surface area contributed by atoms with Crippen molar-refractivity contribution in [1.29, 1.82) is 0 Å². The van der Waals surface area contributed by atoms with Gasteiger partial charge >= 0.3 is 6.09 Å². The molecule has 6 atom stereocenters. The predicted octanol–water partition coefficient (Wildman–Crippen LogP) is 3.45. The van der Waals surface area contributed by atoms with Crippen LogP contribution in [0.25, 0.3) is 0 Å². The summed E-state index contributed by atoms with van der Waals surface area (Å²) in [4.78, 5) is 25.7. The molecular formula is C22H35Cl3N2O7S2. The highest BCUT2D eigenvalue weighted by Gasteiger charge is 2.46. The fourth-order valence-corrected chi connectivity index (χ4v) is 6.61. The number of rotatable bonds is 9. The third kappa shape index (κ3) is 10.2. The third-order valence-corrected chi connectivity index (χ3v) is 9.40. The third-order valence-electron chi connectivity index (χ3n) is 5.60. The van der Waals surface area contributed by atoms with E-state index in [9.17, 15) is 24.9 Å². The van der Waals surface area contributed by atoms with Crippen molar-refractivity contribution in [3.05, 3.63) is 8.86 Å². The summed E-state index contributed by atoms with van der Waals surface area (Å²) >= 11 is 19.8. The quantitative estimate of drug-likeness (QED) is 0.266. The zero-order valence-electron chi connectivity index (χ0n) is 20.4. The van der Waals surface area contributed by atoms with E-state index < -0.39 is 60.0 Å². The number of hydrogen-bond donors (Lipinski definition) is 5. The molecule has 0 spiro atoms. The van der Waals surface area contributed by atoms with E-state index in [1.807, 2.05) is 0 Å². The van der Waals surface area contributed by atoms with Crippen LogP contribution in [0.15, 0.2) is 8.86 Å². The Balaban J connectivity index is 2.20. The Morgan fingerprint density at radius 3 is 2.31 bits per heavy atom. The summed E-state index contributed by atoms with van der Waals surface area (Å²) in [6, 6.07) is -2.15. The number of thioether (sulfide) groups is 2. The van der Waals surface area contributed by atoms with Crippen LogP contribution in [0.2, 0.25) is 0 Å². The maximum absolute atomic E-state index is 13.3. The molecule has 9 nitrogen and oxygen atoms in total. The van der Waals surface area contributed by atoms with Crippen molar-refractivity contribution >= 4 is 70.3 Å². The molecule has 0 aromatic heterocycles. The molecule has 1 saturated carbocycles. The molecule has 2 fully saturated rings. The average molecular weight is 610 g/mol. The Morgan fingerprint density at radius 2 is 1.75 bits per heavy atom. The number of amides is 2. The second kappa shape index (κ2) is 14.9. The minimum atomic E-state index is -1.41. The van der Waals surface area contributed by atoms with Gasteiger partial charge in [0.05, 0.1) is 12.6 Å². The van der Waals surface area contributed by atoms with Gasteiger partial charge in [-0.25, -0.2) is 4.79 Å². The Bertz CT molecular complexity index is 777. The lowest BCUT2D eigenvalue weighted by atomic mass is 9.98. The molecule has 1 saturated heterocycles. The van der Waals surface area contributed by atoms with Crippen LogP contribution in [0.5, 0.6) is 0 Å². The largest absolute Gasteiger partial charge is 0.444 e. The number of carbonyl (C=O) groups excluding carboxylic acids is 2. The number of hydrogen-bond acceptors (Lipinski definition) is 9. The lowest BCUT2D eigenvalue weighted by Gasteiger charge is -2.44. The first kappa shape index (κ1) is 32.1. The minimum absolute atomic E-state index is 0.0371. The standard InChI is InChI=1S/C22H35Cl3N2O7S2/c1-22(2,3)34-21(32)26-12(10-35-18(25)17(23)24)19(31)27-14-16(30)15(29)13(9-28)33-20(14)36-11-7-5-4-6-8-11/h11-16,20,28-30H,4-10H2,1-3H3,(H,26,32)(H,27,31)/t12-,13+,14+,15+,16+,20+/m0/s1. The number of aliphatic hydroxyl groups is 3. The summed E-state index contributed by atoms with van der Waals surface area (Å²) in [5.41, 5.74) is -1.52. The van der Waals surface area contributed by atoms with Crippen molar-refractivity contribution in [1.82, 2.24) is 10.6 Å². The Hall–Kier alpha value is -0.110. The summed E-state index contributed by atoms with van der Waals surface area (Å²) in [7, 11) is 0. The number of aliphatic hydroxyl groups excluding tert-OH is 3. The molecule has 14 heteroatoms. The van der Waals surface area contributed by atoms with Crippen LogP contribution < -0.4 is 10.6 Å². The molecule has 2 rings (SSSR count). The van der Waals surface area contributed by atoms with E-state index in [1.54, 1.807) is 20.8 Å². The van der Waals surface area contributed by atoms with E-state index in [2.05, 4.69) is 10.6 Å². The van der Waals surface area contributed by atoms with Gasteiger partial charge in [-0.3, -0.25) is 4.79 Å². The summed E-state index contributed by atoms with van der Waals surface area (Å²) in [6.45, 7) is 4.57. The van der Waals surface area contributed by atoms with Crippen molar-refractivity contribution in [2.75, 3.05) is 12.4 Å². The second-order valence-electron chi connectivity index (χ2n) is 9.68. The minimum Gasteiger partial charge on any atom is -0.444 e. The van der Waals surface area contributed by atoms with E-state index in [4.69, 9.17) is 44.3 Å². The van der Waals surface area contributed by atoms with Crippen LogP contribution in [0.1, 0.15) is 52.9 Å². The molecule has 36 heavy (non-hydrogen) atoms. The summed E-state index contributed by atoms with van der Waals surface area (Å²) in [5, 5.41) is 36.4. The molecule has 1 heterocycles. The SMILES string of the molecule is CC(C)(C)OC(=O)N[C@@H](CSC(Cl)=C(Cl)Cl)C(=O)N[C@@H]1[C@@H](O)[C@H](O)[C@@H](CO)O[C@@H]1SC1CCCCC1. The normalized spacial score (nSPS) is 28.2. The lowest BCUT2D eigenvalue weighted by molar-refractivity contribution is -0.174. The predicted molar refractivity (Wildman–Crippen MR) is 144 cm³/mol. The monoisotopic (exact) mass is 608 g/mol. The van der Waals surface area contributed by atoms with Gasteiger partial charge < -0.3 is 35.4 Å². The van der Waals surface area contributed by atoms with Crippen molar-refractivity contribution in [2.45, 2.75) is 99.6 Å². The molecule has 0 aromatic rings. The van der Waals surface area contributed by atoms with Gasteiger partial charge in [-0.2, -0.15) is 0 Å². The molecular weight excluding hydrogens is 575 g/mol. The Morgan fingerprint density at radius 1 is 1.11 bits per heavy atom. The van der Waals surface area contributed by atoms with E-state index in [0.717, 1.165) is 43.9 Å². The van der Waals surface area contributed by atoms with Gasteiger partial charge in [-0.15, -0.1) is 23.5 Å². The van der Waals surface area contributed by atoms with Crippen LogP contribution in [0, 0.1) is 0 Å². The molecule has 0 radical (unpaired) electrons. The van der Waals surface area contributed by atoms with Crippen molar-refractivity contribution in [3.8, 4) is 0 Å². The molecule has 1 aliphatic heterocycles. The fourth-order valence-electron chi connectivity index (χ4n) is 3.85. The molecule has 0 aromatic carbocycles. The molecule has 208 valence electrons. The van der Waals surface area contributed by atoms with Gasteiger partial charge in [0.2, 0.25) is 5.91 Å². The van der Waals surface area contributed by atoms with Crippen LogP contribution >= 0.6 is 58.3 Å². The van der Waals surface area contributed by atoms with Crippen LogP contribution in [-0.2, 0) is 14.3 Å². The highest BCUT2D eigenvalue weighted by Crippen LogP contribution is 2.37. The fraction of sp³-hybridized carbons (Fsp3) is 0.818. The first-order valence-corrected chi connectivity index (χ1v) is 14.8. The maximum Gasteiger partial charge on any atom is 0.408 e. The average Bonchev–Trinajstić information content (AvgIpc) is 2.80. The molecule has 2 aliphatic rings. The molecule has 1 aliphatic carbocycles. The highest BCUT2D eigenvalue weighted by molar-refractivity contribution is 8.04. The first-order valence-electron chi connectivity index (χ1n) is 11.7. The topological polar surface area (TPSA) is 137 Å². The van der Waals surface area contributed by atoms with E-state index >= 15 is 0 Å². The van der Waals surface area contributed by atoms with Gasteiger partial charge in [0.1, 0.15) is 44.2 Å². The van der Waals surface area contributed by atoms with Crippen molar-refractivity contribution < 1.29 is 34.4 Å².